The van der Waals surface area contributed by atoms with Crippen molar-refractivity contribution in [3.05, 3.63) is 51.7 Å². The third-order valence-electron chi connectivity index (χ3n) is 4.87. The van der Waals surface area contributed by atoms with Crippen molar-refractivity contribution < 1.29 is 14.4 Å². The molecule has 126 valence electrons. The SMILES string of the molecule is CC1(C)OB(C(=Cc2ccc3[nH]ccc(=O)c3c2)CO)OC1(C)C. The molecule has 2 N–H and O–H groups in total. The van der Waals surface area contributed by atoms with Crippen LogP contribution >= 0.6 is 0 Å². The average Bonchev–Trinajstić information content (AvgIpc) is 2.73. The molecule has 24 heavy (non-hydrogen) atoms. The maximum absolute atomic E-state index is 12.0. The van der Waals surface area contributed by atoms with Crippen LogP contribution in [0, 0.1) is 0 Å². The summed E-state index contributed by atoms with van der Waals surface area (Å²) < 4.78 is 12.0. The molecule has 0 spiro atoms. The van der Waals surface area contributed by atoms with Crippen LogP contribution in [-0.4, -0.2) is 35.0 Å². The summed E-state index contributed by atoms with van der Waals surface area (Å²) in [4.78, 5) is 15.0. The van der Waals surface area contributed by atoms with E-state index in [1.165, 1.54) is 6.07 Å². The fourth-order valence-corrected chi connectivity index (χ4v) is 2.68. The number of aromatic amines is 1. The second kappa shape index (κ2) is 5.88. The second-order valence-corrected chi connectivity index (χ2v) is 7.11. The minimum atomic E-state index is -0.607. The van der Waals surface area contributed by atoms with E-state index >= 15 is 0 Å². The van der Waals surface area contributed by atoms with Crippen molar-refractivity contribution >= 4 is 24.1 Å². The maximum Gasteiger partial charge on any atom is 0.492 e. The molecule has 0 atom stereocenters. The molecule has 2 aromatic rings. The molecule has 2 heterocycles. The van der Waals surface area contributed by atoms with Gasteiger partial charge in [0.25, 0.3) is 0 Å². The molecule has 1 aromatic heterocycles. The Balaban J connectivity index is 1.97. The van der Waals surface area contributed by atoms with Gasteiger partial charge >= 0.3 is 7.12 Å². The van der Waals surface area contributed by atoms with Gasteiger partial charge in [-0.3, -0.25) is 4.79 Å². The van der Waals surface area contributed by atoms with Crippen LogP contribution < -0.4 is 5.43 Å². The van der Waals surface area contributed by atoms with Gasteiger partial charge in [0.1, 0.15) is 0 Å². The number of H-pyrrole nitrogens is 1. The third kappa shape index (κ3) is 2.93. The predicted octanol–water partition coefficient (Wildman–Crippen LogP) is 2.54. The fraction of sp³-hybridized carbons (Fsp3) is 0.389. The van der Waals surface area contributed by atoms with E-state index in [9.17, 15) is 9.90 Å². The Morgan fingerprint density at radius 1 is 1.21 bits per heavy atom. The quantitative estimate of drug-likeness (QED) is 0.850. The molecule has 3 rings (SSSR count). The van der Waals surface area contributed by atoms with Crippen LogP contribution in [0.25, 0.3) is 17.0 Å². The largest absolute Gasteiger partial charge is 0.492 e. The number of fused-ring (bicyclic) bond motifs is 1. The molecule has 1 aliphatic rings. The molecule has 0 saturated carbocycles. The standard InChI is InChI=1S/C18H22BNO4/c1-17(2)18(3,4)24-19(23-17)13(11-21)9-12-5-6-15-14(10-12)16(22)7-8-20-15/h5-10,21H,11H2,1-4H3,(H,20,22). The van der Waals surface area contributed by atoms with Gasteiger partial charge in [0.2, 0.25) is 0 Å². The highest BCUT2D eigenvalue weighted by Gasteiger charge is 2.52. The average molecular weight is 327 g/mol. The van der Waals surface area contributed by atoms with Crippen molar-refractivity contribution in [3.8, 4) is 0 Å². The minimum absolute atomic E-state index is 0.0415. The molecule has 1 fully saturated rings. The number of nitrogens with one attached hydrogen (secondary N) is 1. The minimum Gasteiger partial charge on any atom is -0.400 e. The molecule has 1 aliphatic heterocycles. The van der Waals surface area contributed by atoms with Crippen LogP contribution in [0.3, 0.4) is 0 Å². The van der Waals surface area contributed by atoms with Crippen LogP contribution in [0.2, 0.25) is 0 Å². The lowest BCUT2D eigenvalue weighted by Crippen LogP contribution is -2.41. The molecular formula is C18H22BNO4. The van der Waals surface area contributed by atoms with Gasteiger partial charge < -0.3 is 19.4 Å². The van der Waals surface area contributed by atoms with Crippen molar-refractivity contribution in [2.45, 2.75) is 38.9 Å². The number of hydrogen-bond donors (Lipinski definition) is 2. The predicted molar refractivity (Wildman–Crippen MR) is 95.7 cm³/mol. The Hall–Kier alpha value is -1.89. The van der Waals surface area contributed by atoms with Crippen LogP contribution in [0.5, 0.6) is 0 Å². The fourth-order valence-electron chi connectivity index (χ4n) is 2.68. The van der Waals surface area contributed by atoms with Gasteiger partial charge in [0.05, 0.1) is 17.8 Å². The van der Waals surface area contributed by atoms with Gasteiger partial charge in [-0.1, -0.05) is 12.1 Å². The zero-order valence-corrected chi connectivity index (χ0v) is 14.4. The van der Waals surface area contributed by atoms with Gasteiger partial charge in [0, 0.05) is 23.2 Å². The molecule has 1 saturated heterocycles. The van der Waals surface area contributed by atoms with E-state index < -0.39 is 18.3 Å². The summed E-state index contributed by atoms with van der Waals surface area (Å²) in [5.74, 6) is 0. The molecule has 0 unspecified atom stereocenters. The van der Waals surface area contributed by atoms with E-state index in [0.29, 0.717) is 10.9 Å². The lowest BCUT2D eigenvalue weighted by molar-refractivity contribution is 0.00578. The number of pyridine rings is 1. The lowest BCUT2D eigenvalue weighted by atomic mass is 9.77. The molecule has 6 heteroatoms. The molecule has 0 amide bonds. The zero-order valence-electron chi connectivity index (χ0n) is 14.4. The first-order valence-electron chi connectivity index (χ1n) is 8.02. The first-order valence-corrected chi connectivity index (χ1v) is 8.02. The number of aromatic nitrogens is 1. The Labute approximate surface area is 141 Å². The molecule has 1 aromatic carbocycles. The highest BCUT2D eigenvalue weighted by atomic mass is 16.7. The van der Waals surface area contributed by atoms with Gasteiger partial charge in [-0.25, -0.2) is 0 Å². The van der Waals surface area contributed by atoms with E-state index in [-0.39, 0.29) is 12.0 Å². The van der Waals surface area contributed by atoms with Crippen LogP contribution in [0.15, 0.2) is 40.7 Å². The zero-order chi connectivity index (χ0) is 17.5. The Morgan fingerprint density at radius 2 is 1.88 bits per heavy atom. The van der Waals surface area contributed by atoms with E-state index in [4.69, 9.17) is 9.31 Å². The van der Waals surface area contributed by atoms with Crippen molar-refractivity contribution in [3.63, 3.8) is 0 Å². The summed E-state index contributed by atoms with van der Waals surface area (Å²) in [6, 6.07) is 7.03. The van der Waals surface area contributed by atoms with Crippen LogP contribution in [-0.2, 0) is 9.31 Å². The third-order valence-corrected chi connectivity index (χ3v) is 4.87. The first-order chi connectivity index (χ1) is 11.2. The lowest BCUT2D eigenvalue weighted by Gasteiger charge is -2.32. The van der Waals surface area contributed by atoms with Gasteiger partial charge in [0.15, 0.2) is 5.43 Å². The highest BCUT2D eigenvalue weighted by Crippen LogP contribution is 2.38. The summed E-state index contributed by atoms with van der Waals surface area (Å²) in [6.07, 6.45) is 3.44. The van der Waals surface area contributed by atoms with E-state index in [1.54, 1.807) is 12.3 Å². The Morgan fingerprint density at radius 3 is 2.50 bits per heavy atom. The monoisotopic (exact) mass is 327 g/mol. The second-order valence-electron chi connectivity index (χ2n) is 7.11. The number of rotatable bonds is 3. The number of aliphatic hydroxyl groups is 1. The van der Waals surface area contributed by atoms with E-state index in [2.05, 4.69) is 4.98 Å². The molecule has 0 radical (unpaired) electrons. The van der Waals surface area contributed by atoms with Gasteiger partial charge in [-0.2, -0.15) is 0 Å². The normalized spacial score (nSPS) is 19.9. The van der Waals surface area contributed by atoms with Crippen molar-refractivity contribution in [2.75, 3.05) is 6.61 Å². The first kappa shape index (κ1) is 17.0. The number of benzene rings is 1. The Kier molecular flexibility index (Phi) is 4.15. The summed E-state index contributed by atoms with van der Waals surface area (Å²) in [5.41, 5.74) is 1.25. The summed E-state index contributed by atoms with van der Waals surface area (Å²) >= 11 is 0. The van der Waals surface area contributed by atoms with Crippen LogP contribution in [0.4, 0.5) is 0 Å². The molecule has 0 bridgehead atoms. The smallest absolute Gasteiger partial charge is 0.400 e. The van der Waals surface area contributed by atoms with E-state index in [0.717, 1.165) is 11.1 Å². The summed E-state index contributed by atoms with van der Waals surface area (Å²) in [6.45, 7) is 7.70. The van der Waals surface area contributed by atoms with Crippen molar-refractivity contribution in [1.82, 2.24) is 4.98 Å². The van der Waals surface area contributed by atoms with Crippen LogP contribution in [0.1, 0.15) is 33.3 Å². The summed E-state index contributed by atoms with van der Waals surface area (Å²) in [5, 5.41) is 10.4. The van der Waals surface area contributed by atoms with Crippen molar-refractivity contribution in [1.29, 1.82) is 0 Å². The number of aliphatic hydroxyl groups excluding tert-OH is 1. The van der Waals surface area contributed by atoms with Gasteiger partial charge in [-0.05, 0) is 50.9 Å². The topological polar surface area (TPSA) is 71.6 Å². The number of hydrogen-bond acceptors (Lipinski definition) is 4. The van der Waals surface area contributed by atoms with Crippen molar-refractivity contribution in [2.24, 2.45) is 0 Å². The Bertz CT molecular complexity index is 837. The molecular weight excluding hydrogens is 305 g/mol. The van der Waals surface area contributed by atoms with E-state index in [1.807, 2.05) is 45.9 Å². The highest BCUT2D eigenvalue weighted by molar-refractivity contribution is 6.55. The summed E-state index contributed by atoms with van der Waals surface area (Å²) in [7, 11) is -0.607. The molecule has 0 aliphatic carbocycles. The molecule has 5 nitrogen and oxygen atoms in total. The van der Waals surface area contributed by atoms with Gasteiger partial charge in [-0.15, -0.1) is 0 Å². The maximum atomic E-state index is 12.0.